The molecule has 0 fully saturated rings. The minimum atomic E-state index is -1.36. The van der Waals surface area contributed by atoms with Gasteiger partial charge in [-0.15, -0.1) is 0 Å². The van der Waals surface area contributed by atoms with Crippen molar-refractivity contribution in [3.05, 3.63) is 0 Å². The number of carbonyl (C=O) groups is 1. The fourth-order valence-electron chi connectivity index (χ4n) is 0.748. The van der Waals surface area contributed by atoms with Crippen molar-refractivity contribution in [1.82, 2.24) is 0 Å². The van der Waals surface area contributed by atoms with E-state index in [1.807, 2.05) is 6.92 Å². The lowest BCUT2D eigenvalue weighted by atomic mass is 9.95. The molecule has 0 aromatic rings. The zero-order valence-electron chi connectivity index (χ0n) is 7.45. The number of carboxylic acid groups (broad SMARTS) is 1. The molecule has 0 aliphatic rings. The maximum Gasteiger partial charge on any atom is 0.332 e. The smallest absolute Gasteiger partial charge is 0.332 e. The lowest BCUT2D eigenvalue weighted by Crippen LogP contribution is -2.27. The molecular formula is C8H16O4. The van der Waals surface area contributed by atoms with E-state index in [0.29, 0.717) is 12.8 Å². The van der Waals surface area contributed by atoms with E-state index in [1.54, 1.807) is 6.92 Å². The van der Waals surface area contributed by atoms with Crippen molar-refractivity contribution < 1.29 is 20.1 Å². The molecule has 0 aromatic carbocycles. The fraction of sp³-hybridized carbons (Fsp3) is 0.875. The van der Waals surface area contributed by atoms with Crippen LogP contribution in [-0.2, 0) is 4.79 Å². The number of carboxylic acids is 1. The van der Waals surface area contributed by atoms with E-state index in [9.17, 15) is 9.90 Å². The van der Waals surface area contributed by atoms with Crippen LogP contribution in [0.4, 0.5) is 0 Å². The first-order valence-electron chi connectivity index (χ1n) is 4.02. The molecule has 0 saturated carbocycles. The number of hydrogen-bond donors (Lipinski definition) is 3. The molecule has 0 aliphatic carbocycles. The van der Waals surface area contributed by atoms with Crippen molar-refractivity contribution in [2.24, 2.45) is 0 Å². The second kappa shape index (κ2) is 4.42. The molecule has 3 N–H and O–H groups in total. The zero-order chi connectivity index (χ0) is 9.78. The summed E-state index contributed by atoms with van der Waals surface area (Å²) in [7, 11) is 0. The molecule has 0 saturated heterocycles. The average Bonchev–Trinajstić information content (AvgIpc) is 2.00. The Kier molecular flexibility index (Phi) is 4.20. The van der Waals surface area contributed by atoms with Gasteiger partial charge < -0.3 is 15.3 Å². The molecule has 0 aromatic heterocycles. The molecule has 0 rings (SSSR count). The van der Waals surface area contributed by atoms with E-state index in [4.69, 9.17) is 10.2 Å². The summed E-state index contributed by atoms with van der Waals surface area (Å²) in [6.45, 7) is 3.44. The maximum absolute atomic E-state index is 10.2. The molecule has 12 heavy (non-hydrogen) atoms. The van der Waals surface area contributed by atoms with Gasteiger partial charge in [0.25, 0.3) is 0 Å². The Hall–Kier alpha value is -0.610. The molecule has 1 unspecified atom stereocenters. The highest BCUT2D eigenvalue weighted by Crippen LogP contribution is 2.16. The predicted molar refractivity (Wildman–Crippen MR) is 43.8 cm³/mol. The van der Waals surface area contributed by atoms with E-state index < -0.39 is 17.7 Å². The van der Waals surface area contributed by atoms with Crippen LogP contribution in [0.25, 0.3) is 0 Å². The number of aliphatic carboxylic acids is 1. The van der Waals surface area contributed by atoms with Gasteiger partial charge in [0.15, 0.2) is 6.10 Å². The van der Waals surface area contributed by atoms with E-state index in [0.717, 1.165) is 0 Å². The first-order chi connectivity index (χ1) is 5.39. The molecule has 0 aliphatic heterocycles. The second-order valence-corrected chi connectivity index (χ2v) is 3.24. The monoisotopic (exact) mass is 176 g/mol. The fourth-order valence-corrected chi connectivity index (χ4v) is 0.748. The summed E-state index contributed by atoms with van der Waals surface area (Å²) in [5, 5.41) is 26.6. The van der Waals surface area contributed by atoms with Crippen LogP contribution in [0.5, 0.6) is 0 Å². The van der Waals surface area contributed by atoms with Gasteiger partial charge in [-0.3, -0.25) is 0 Å². The Bertz CT molecular complexity index is 153. The molecule has 0 radical (unpaired) electrons. The van der Waals surface area contributed by atoms with Crippen LogP contribution < -0.4 is 0 Å². The van der Waals surface area contributed by atoms with Gasteiger partial charge in [-0.2, -0.15) is 0 Å². The van der Waals surface area contributed by atoms with Crippen LogP contribution in [0.15, 0.2) is 0 Å². The SMILES string of the molecule is CCC(C)(O)CC[C@H](O)C(=O)O. The lowest BCUT2D eigenvalue weighted by molar-refractivity contribution is -0.147. The van der Waals surface area contributed by atoms with Crippen molar-refractivity contribution in [3.63, 3.8) is 0 Å². The van der Waals surface area contributed by atoms with Crippen molar-refractivity contribution in [1.29, 1.82) is 0 Å². The highest BCUT2D eigenvalue weighted by Gasteiger charge is 2.21. The average molecular weight is 176 g/mol. The minimum absolute atomic E-state index is 0.0934. The van der Waals surface area contributed by atoms with Gasteiger partial charge in [-0.25, -0.2) is 4.79 Å². The number of rotatable bonds is 5. The molecule has 72 valence electrons. The number of aliphatic hydroxyl groups is 2. The van der Waals surface area contributed by atoms with Gasteiger partial charge in [0.2, 0.25) is 0 Å². The highest BCUT2D eigenvalue weighted by atomic mass is 16.4. The molecule has 4 heteroatoms. The summed E-state index contributed by atoms with van der Waals surface area (Å²) in [4.78, 5) is 10.2. The Morgan fingerprint density at radius 3 is 2.42 bits per heavy atom. The lowest BCUT2D eigenvalue weighted by Gasteiger charge is -2.21. The van der Waals surface area contributed by atoms with E-state index >= 15 is 0 Å². The van der Waals surface area contributed by atoms with Crippen LogP contribution >= 0.6 is 0 Å². The Morgan fingerprint density at radius 1 is 1.58 bits per heavy atom. The van der Waals surface area contributed by atoms with Gasteiger partial charge >= 0.3 is 5.97 Å². The minimum Gasteiger partial charge on any atom is -0.479 e. The van der Waals surface area contributed by atoms with Crippen LogP contribution in [0, 0.1) is 0 Å². The molecule has 0 heterocycles. The summed E-state index contributed by atoms with van der Waals surface area (Å²) in [5.41, 5.74) is -0.865. The third-order valence-electron chi connectivity index (χ3n) is 2.00. The summed E-state index contributed by atoms with van der Waals surface area (Å²) < 4.78 is 0. The molecule has 0 spiro atoms. The van der Waals surface area contributed by atoms with Gasteiger partial charge in [0.1, 0.15) is 0 Å². The largest absolute Gasteiger partial charge is 0.479 e. The molecular weight excluding hydrogens is 160 g/mol. The molecule has 2 atom stereocenters. The van der Waals surface area contributed by atoms with Gasteiger partial charge in [0.05, 0.1) is 5.60 Å². The molecule has 0 amide bonds. The number of aliphatic hydroxyl groups excluding tert-OH is 1. The van der Waals surface area contributed by atoms with Gasteiger partial charge in [-0.1, -0.05) is 6.92 Å². The molecule has 0 bridgehead atoms. The van der Waals surface area contributed by atoms with Crippen molar-refractivity contribution in [2.75, 3.05) is 0 Å². The first kappa shape index (κ1) is 11.4. The van der Waals surface area contributed by atoms with Gasteiger partial charge in [-0.05, 0) is 26.2 Å². The van der Waals surface area contributed by atoms with E-state index in [2.05, 4.69) is 0 Å². The Balaban J connectivity index is 3.75. The van der Waals surface area contributed by atoms with Crippen molar-refractivity contribution in [2.45, 2.75) is 44.8 Å². The van der Waals surface area contributed by atoms with Crippen molar-refractivity contribution >= 4 is 5.97 Å². The third kappa shape index (κ3) is 4.31. The number of hydrogen-bond acceptors (Lipinski definition) is 3. The van der Waals surface area contributed by atoms with E-state index in [1.165, 1.54) is 0 Å². The Labute approximate surface area is 71.8 Å². The Morgan fingerprint density at radius 2 is 2.08 bits per heavy atom. The summed E-state index contributed by atoms with van der Waals surface area (Å²) in [6.07, 6.45) is -0.407. The first-order valence-corrected chi connectivity index (χ1v) is 4.02. The predicted octanol–water partition coefficient (Wildman–Crippen LogP) is 0.373. The standard InChI is InChI=1S/C8H16O4/c1-3-8(2,12)5-4-6(9)7(10)11/h6,9,12H,3-5H2,1-2H3,(H,10,11)/t6-,8?/m0/s1. The molecule has 4 nitrogen and oxygen atoms in total. The highest BCUT2D eigenvalue weighted by molar-refractivity contribution is 5.71. The summed E-state index contributed by atoms with van der Waals surface area (Å²) >= 11 is 0. The summed E-state index contributed by atoms with van der Waals surface area (Å²) in [5.74, 6) is -1.23. The topological polar surface area (TPSA) is 77.8 Å². The summed E-state index contributed by atoms with van der Waals surface area (Å²) in [6, 6.07) is 0. The van der Waals surface area contributed by atoms with E-state index in [-0.39, 0.29) is 6.42 Å². The third-order valence-corrected chi connectivity index (χ3v) is 2.00. The van der Waals surface area contributed by atoms with Gasteiger partial charge in [0, 0.05) is 0 Å². The normalized spacial score (nSPS) is 18.3. The van der Waals surface area contributed by atoms with Crippen molar-refractivity contribution in [3.8, 4) is 0 Å². The van der Waals surface area contributed by atoms with Crippen LogP contribution in [0.1, 0.15) is 33.1 Å². The van der Waals surface area contributed by atoms with Crippen LogP contribution in [0.3, 0.4) is 0 Å². The zero-order valence-corrected chi connectivity index (χ0v) is 7.45. The van der Waals surface area contributed by atoms with Crippen LogP contribution in [-0.4, -0.2) is 33.0 Å². The van der Waals surface area contributed by atoms with Crippen LogP contribution in [0.2, 0.25) is 0 Å². The maximum atomic E-state index is 10.2. The second-order valence-electron chi connectivity index (χ2n) is 3.24. The quantitative estimate of drug-likeness (QED) is 0.565.